The van der Waals surface area contributed by atoms with E-state index in [1.54, 1.807) is 0 Å². The average molecular weight is 232 g/mol. The smallest absolute Gasteiger partial charge is 0.0638 e. The van der Waals surface area contributed by atoms with Crippen LogP contribution >= 0.6 is 12.4 Å². The fourth-order valence-electron chi connectivity index (χ4n) is 1.39. The maximum Gasteiger partial charge on any atom is 0.0638 e. The molecule has 4 heteroatoms. The predicted molar refractivity (Wildman–Crippen MR) is 66.4 cm³/mol. The summed E-state index contributed by atoms with van der Waals surface area (Å²) in [5, 5.41) is 7.83. The second-order valence-electron chi connectivity index (χ2n) is 4.12. The summed E-state index contributed by atoms with van der Waals surface area (Å²) >= 11 is 0. The maximum absolute atomic E-state index is 4.40. The zero-order valence-corrected chi connectivity index (χ0v) is 10.9. The molecule has 1 heterocycles. The zero-order valence-electron chi connectivity index (χ0n) is 10.1. The van der Waals surface area contributed by atoms with E-state index in [0.717, 1.165) is 25.3 Å². The summed E-state index contributed by atoms with van der Waals surface area (Å²) in [6.07, 6.45) is 2.13. The summed E-state index contributed by atoms with van der Waals surface area (Å²) in [5.74, 6) is 0.705. The highest BCUT2D eigenvalue weighted by Crippen LogP contribution is 2.05. The number of hydrogen-bond acceptors (Lipinski definition) is 2. The molecule has 0 atom stereocenters. The van der Waals surface area contributed by atoms with Crippen molar-refractivity contribution < 1.29 is 0 Å². The van der Waals surface area contributed by atoms with Crippen LogP contribution in [0.4, 0.5) is 0 Å². The summed E-state index contributed by atoms with van der Waals surface area (Å²) in [4.78, 5) is 0. The molecule has 3 nitrogen and oxygen atoms in total. The van der Waals surface area contributed by atoms with Gasteiger partial charge in [-0.3, -0.25) is 4.68 Å². The van der Waals surface area contributed by atoms with Gasteiger partial charge in [0, 0.05) is 24.8 Å². The van der Waals surface area contributed by atoms with E-state index in [2.05, 4.69) is 44.3 Å². The molecule has 1 N–H and O–H groups in total. The Hall–Kier alpha value is -0.540. The van der Waals surface area contributed by atoms with Crippen LogP contribution in [0.15, 0.2) is 6.20 Å². The highest BCUT2D eigenvalue weighted by molar-refractivity contribution is 5.85. The average Bonchev–Trinajstić information content (AvgIpc) is 2.47. The second kappa shape index (κ2) is 6.85. The van der Waals surface area contributed by atoms with Gasteiger partial charge < -0.3 is 5.32 Å². The van der Waals surface area contributed by atoms with E-state index in [9.17, 15) is 0 Å². The third-order valence-electron chi connectivity index (χ3n) is 2.24. The molecule has 0 saturated carbocycles. The Morgan fingerprint density at radius 2 is 2.13 bits per heavy atom. The molecule has 0 radical (unpaired) electrons. The van der Waals surface area contributed by atoms with Crippen molar-refractivity contribution in [2.45, 2.75) is 40.8 Å². The Balaban J connectivity index is 0.00000196. The van der Waals surface area contributed by atoms with E-state index in [-0.39, 0.29) is 12.4 Å². The van der Waals surface area contributed by atoms with E-state index >= 15 is 0 Å². The second-order valence-corrected chi connectivity index (χ2v) is 4.12. The molecule has 88 valence electrons. The monoisotopic (exact) mass is 231 g/mol. The van der Waals surface area contributed by atoms with Gasteiger partial charge in [0.2, 0.25) is 0 Å². The third-order valence-corrected chi connectivity index (χ3v) is 2.24. The van der Waals surface area contributed by atoms with Crippen molar-refractivity contribution in [3.63, 3.8) is 0 Å². The molecule has 1 aromatic rings. The van der Waals surface area contributed by atoms with Crippen LogP contribution in [0.3, 0.4) is 0 Å². The predicted octanol–water partition coefficient (Wildman–Crippen LogP) is 2.38. The first kappa shape index (κ1) is 14.5. The summed E-state index contributed by atoms with van der Waals surface area (Å²) in [7, 11) is 0. The van der Waals surface area contributed by atoms with Gasteiger partial charge in [0.25, 0.3) is 0 Å². The van der Waals surface area contributed by atoms with Crippen LogP contribution in [-0.4, -0.2) is 16.3 Å². The lowest BCUT2D eigenvalue weighted by Gasteiger charge is -2.05. The molecule has 15 heavy (non-hydrogen) atoms. The van der Waals surface area contributed by atoms with Crippen LogP contribution in [0.2, 0.25) is 0 Å². The minimum absolute atomic E-state index is 0. The topological polar surface area (TPSA) is 29.9 Å². The van der Waals surface area contributed by atoms with Gasteiger partial charge in [0.15, 0.2) is 0 Å². The molecule has 0 aliphatic rings. The van der Waals surface area contributed by atoms with E-state index < -0.39 is 0 Å². The molecule has 0 aliphatic heterocycles. The lowest BCUT2D eigenvalue weighted by atomic mass is 10.2. The van der Waals surface area contributed by atoms with E-state index in [1.165, 1.54) is 5.56 Å². The molecule has 1 aromatic heterocycles. The Morgan fingerprint density at radius 1 is 1.47 bits per heavy atom. The lowest BCUT2D eigenvalue weighted by Crippen LogP contribution is -2.19. The molecule has 0 bridgehead atoms. The number of halogens is 1. The van der Waals surface area contributed by atoms with Crippen LogP contribution in [0.1, 0.15) is 32.0 Å². The first-order valence-corrected chi connectivity index (χ1v) is 5.37. The SMILES string of the molecule is CCn1cc(CNCC(C)C)c(C)n1.Cl. The van der Waals surface area contributed by atoms with Crippen LogP contribution in [0.25, 0.3) is 0 Å². The zero-order chi connectivity index (χ0) is 10.6. The van der Waals surface area contributed by atoms with E-state index in [1.807, 2.05) is 4.68 Å². The Morgan fingerprint density at radius 3 is 2.60 bits per heavy atom. The molecular weight excluding hydrogens is 210 g/mol. The fourth-order valence-corrected chi connectivity index (χ4v) is 1.39. The Labute approximate surface area is 98.7 Å². The molecule has 0 unspecified atom stereocenters. The summed E-state index contributed by atoms with van der Waals surface area (Å²) < 4.78 is 1.99. The normalized spacial score (nSPS) is 10.5. The van der Waals surface area contributed by atoms with Gasteiger partial charge in [-0.15, -0.1) is 12.4 Å². The number of nitrogens with zero attached hydrogens (tertiary/aromatic N) is 2. The molecule has 0 aliphatic carbocycles. The minimum Gasteiger partial charge on any atom is -0.312 e. The summed E-state index contributed by atoms with van der Waals surface area (Å²) in [6.45, 7) is 11.6. The molecule has 0 amide bonds. The first-order chi connectivity index (χ1) is 6.63. The van der Waals surface area contributed by atoms with Gasteiger partial charge in [-0.1, -0.05) is 13.8 Å². The standard InChI is InChI=1S/C11H21N3.ClH/c1-5-14-8-11(10(4)13-14)7-12-6-9(2)3;/h8-9,12H,5-7H2,1-4H3;1H. The maximum atomic E-state index is 4.40. The van der Waals surface area contributed by atoms with Crippen LogP contribution in [0, 0.1) is 12.8 Å². The fraction of sp³-hybridized carbons (Fsp3) is 0.727. The highest BCUT2D eigenvalue weighted by Gasteiger charge is 2.03. The number of rotatable bonds is 5. The van der Waals surface area contributed by atoms with Crippen LogP contribution < -0.4 is 5.32 Å². The van der Waals surface area contributed by atoms with Crippen LogP contribution in [-0.2, 0) is 13.1 Å². The number of aromatic nitrogens is 2. The van der Waals surface area contributed by atoms with Crippen molar-refractivity contribution in [3.8, 4) is 0 Å². The molecule has 0 spiro atoms. The van der Waals surface area contributed by atoms with Gasteiger partial charge in [-0.2, -0.15) is 5.10 Å². The number of hydrogen-bond donors (Lipinski definition) is 1. The third kappa shape index (κ3) is 4.67. The van der Waals surface area contributed by atoms with Crippen molar-refractivity contribution in [1.29, 1.82) is 0 Å². The van der Waals surface area contributed by atoms with Gasteiger partial charge in [0.05, 0.1) is 5.69 Å². The molecule has 0 saturated heterocycles. The number of nitrogens with one attached hydrogen (secondary N) is 1. The van der Waals surface area contributed by atoms with Crippen molar-refractivity contribution in [2.24, 2.45) is 5.92 Å². The van der Waals surface area contributed by atoms with Gasteiger partial charge >= 0.3 is 0 Å². The largest absolute Gasteiger partial charge is 0.312 e. The summed E-state index contributed by atoms with van der Waals surface area (Å²) in [6, 6.07) is 0. The van der Waals surface area contributed by atoms with E-state index in [4.69, 9.17) is 0 Å². The Kier molecular flexibility index (Phi) is 6.61. The quantitative estimate of drug-likeness (QED) is 0.844. The van der Waals surface area contributed by atoms with Crippen molar-refractivity contribution >= 4 is 12.4 Å². The van der Waals surface area contributed by atoms with Gasteiger partial charge in [-0.05, 0) is 26.3 Å². The van der Waals surface area contributed by atoms with Crippen molar-refractivity contribution in [3.05, 3.63) is 17.5 Å². The van der Waals surface area contributed by atoms with Crippen molar-refractivity contribution in [1.82, 2.24) is 15.1 Å². The number of aryl methyl sites for hydroxylation is 2. The molecule has 0 aromatic carbocycles. The van der Waals surface area contributed by atoms with Crippen LogP contribution in [0.5, 0.6) is 0 Å². The first-order valence-electron chi connectivity index (χ1n) is 5.37. The van der Waals surface area contributed by atoms with Gasteiger partial charge in [-0.25, -0.2) is 0 Å². The highest BCUT2D eigenvalue weighted by atomic mass is 35.5. The van der Waals surface area contributed by atoms with Gasteiger partial charge in [0.1, 0.15) is 0 Å². The minimum atomic E-state index is 0. The summed E-state index contributed by atoms with van der Waals surface area (Å²) in [5.41, 5.74) is 2.45. The molecule has 1 rings (SSSR count). The molecule has 0 fully saturated rings. The Bertz CT molecular complexity index is 281. The lowest BCUT2D eigenvalue weighted by molar-refractivity contribution is 0.551. The molecular formula is C11H22ClN3. The van der Waals surface area contributed by atoms with Crippen molar-refractivity contribution in [2.75, 3.05) is 6.54 Å². The van der Waals surface area contributed by atoms with E-state index in [0.29, 0.717) is 5.92 Å².